The van der Waals surface area contributed by atoms with Crippen molar-refractivity contribution >= 4 is 119 Å². The van der Waals surface area contributed by atoms with Gasteiger partial charge < -0.3 is 98.6 Å². The van der Waals surface area contributed by atoms with Crippen molar-refractivity contribution in [1.82, 2.24) is 57.7 Å². The van der Waals surface area contributed by atoms with Crippen LogP contribution in [-0.2, 0) is 130 Å². The van der Waals surface area contributed by atoms with Gasteiger partial charge in [-0.15, -0.1) is 9.35 Å². The fraction of sp³-hybridized carbons (Fsp3) is 0.632. The molecule has 10 rings (SSSR count). The number of aromatic nitrogens is 12. The van der Waals surface area contributed by atoms with Gasteiger partial charge in [0, 0.05) is 64.1 Å². The van der Waals surface area contributed by atoms with Crippen LogP contribution in [-0.4, -0.2) is 215 Å². The molecule has 6 aromatic heterocycles. The normalized spacial score (nSPS) is 27.3. The Labute approximate surface area is 656 Å². The van der Waals surface area contributed by atoms with Crippen LogP contribution in [0.15, 0.2) is 81.3 Å². The van der Waals surface area contributed by atoms with Crippen LogP contribution in [0.2, 0.25) is 0 Å². The molecule has 4 aliphatic rings. The van der Waals surface area contributed by atoms with Crippen molar-refractivity contribution in [1.29, 1.82) is 0 Å². The van der Waals surface area contributed by atoms with E-state index in [1.165, 1.54) is 54.1 Å². The summed E-state index contributed by atoms with van der Waals surface area (Å²) in [6.07, 6.45) is -13.7. The second kappa shape index (κ2) is 38.4. The number of hydrogen-bond donors (Lipinski definition) is 11. The lowest BCUT2D eigenvalue weighted by Crippen LogP contribution is -2.40. The first-order chi connectivity index (χ1) is 52.6. The molecule has 20 atom stereocenters. The Morgan fingerprint density at radius 1 is 0.667 bits per heavy atom. The average molecular weight is 1790 g/mol. The smallest absolute Gasteiger partial charge is 0.386 e. The highest BCUT2D eigenvalue weighted by Gasteiger charge is 2.55. The zero-order valence-corrected chi connectivity index (χ0v) is 68.2. The van der Waals surface area contributed by atoms with Crippen molar-refractivity contribution in [2.75, 3.05) is 105 Å². The SMILES string of the molecule is CC[C@@H](OC)n1cc(CC2C(OP(O)(=S)OOP(=S)(OCCOCCOCCN)OC[C@H]3O[C@@H](n4ccc(N)nc4=O)CC3C(C)C)[C@@H](COP(=O)(S)OC3C(OC)[C@H](n4ccc(N)nc4=O)O[C@@H]3COP(O)(=S)OC3C(OC)[C@H](n4cc(Br)c(=O)[nH]c4=O)O[C@@H]3CO)O[C@H]2n2cnc3c(=O)[nH]c(N)nc32)c(=O)[nH]c1=O. The van der Waals surface area contributed by atoms with Crippen LogP contribution in [0.1, 0.15) is 70.3 Å². The number of nitrogens with two attached hydrogens (primary N) is 4. The minimum Gasteiger partial charge on any atom is -0.394 e. The van der Waals surface area contributed by atoms with E-state index in [0.717, 1.165) is 33.3 Å². The molecule has 4 fully saturated rings. The van der Waals surface area contributed by atoms with E-state index in [0.29, 0.717) is 6.42 Å². The number of aliphatic hydroxyl groups is 1. The number of fused-ring (bicyclic) bond motifs is 1. The maximum absolute atomic E-state index is 15.3. The number of anilines is 3. The van der Waals surface area contributed by atoms with Crippen molar-refractivity contribution < 1.29 is 103 Å². The van der Waals surface area contributed by atoms with Crippen molar-refractivity contribution in [2.24, 2.45) is 23.5 Å². The summed E-state index contributed by atoms with van der Waals surface area (Å²) in [4.78, 5) is 140. The maximum atomic E-state index is 15.3. The third kappa shape index (κ3) is 21.6. The van der Waals surface area contributed by atoms with Gasteiger partial charge >= 0.3 is 49.7 Å². The minimum atomic E-state index is -5.10. The van der Waals surface area contributed by atoms with Crippen LogP contribution >= 0.6 is 55.1 Å². The van der Waals surface area contributed by atoms with E-state index in [1.54, 1.807) is 6.92 Å². The standard InChI is InChI=1S/C57H83BrN16O29P4S4/c1-7-38(86-4)72-20-28(47(76)68-56(72)81)18-30-41(99-106(85,110)102-103-107(111,91-17-16-90-15-14-89-13-10-59)94-23-33-29(27(2)3)19-39(95-33)70-11-8-36(60)64-54(70)79)34(97-50(30)74-26-63-40-46(74)66-53(62)67-49(40)78)24-92-105(84,109)101-43-35(98-51(45(43)88-6)71-12-9-37(61)65-55(71)80)25-93-104(83,108)100-42-32(22-75)96-52(44(42)87-5)73-21-31(58)48(77)69-57(73)82/h8-9,11-12,20-21,26-27,29-30,32-35,38-39,41-45,50-52,75H,7,10,13-19,22-25,59H2,1-6H3,(H,83,108)(H,84,109)(H,85,110)(H2,60,64,79)(H2,61,65,80)(H,68,76,81)(H,69,77,82)(H3,62,66,67,78)/t29?,30?,32-,33-,34-,35-,38-,39-,41?,42?,43?,44?,45?,50-,51-,52-,104?,105?,106?,107?/m1/s1. The van der Waals surface area contributed by atoms with Crippen molar-refractivity contribution in [2.45, 2.75) is 126 Å². The highest BCUT2D eigenvalue weighted by molar-refractivity contribution is 9.10. The van der Waals surface area contributed by atoms with Crippen LogP contribution in [0.5, 0.6) is 0 Å². The van der Waals surface area contributed by atoms with Gasteiger partial charge in [0.25, 0.3) is 16.7 Å². The Morgan fingerprint density at radius 3 is 1.90 bits per heavy atom. The number of rotatable bonds is 40. The summed E-state index contributed by atoms with van der Waals surface area (Å²) in [5.41, 5.74) is 16.6. The molecule has 0 spiro atoms. The molecule has 11 unspecified atom stereocenters. The van der Waals surface area contributed by atoms with Gasteiger partial charge in [-0.1, -0.05) is 33.0 Å². The molecular formula is C57H83BrN16O29P4S4. The fourth-order valence-electron chi connectivity index (χ4n) is 12.7. The lowest BCUT2D eigenvalue weighted by Gasteiger charge is -2.30. The molecule has 45 nitrogen and oxygen atoms in total. The number of imidazole rings is 1. The molecule has 111 heavy (non-hydrogen) atoms. The van der Waals surface area contributed by atoms with E-state index in [9.17, 15) is 48.5 Å². The number of nitrogens with one attached hydrogen (secondary N) is 3. The molecule has 14 N–H and O–H groups in total. The van der Waals surface area contributed by atoms with Crippen molar-refractivity contribution in [3.05, 3.63) is 126 Å². The van der Waals surface area contributed by atoms with E-state index in [1.807, 2.05) is 13.8 Å². The van der Waals surface area contributed by atoms with Crippen LogP contribution < -0.4 is 62.4 Å². The van der Waals surface area contributed by atoms with Gasteiger partial charge in [0.1, 0.15) is 79.2 Å². The third-order valence-corrected chi connectivity index (χ3v) is 24.9. The monoisotopic (exact) mass is 1790 g/mol. The molecule has 10 heterocycles. The van der Waals surface area contributed by atoms with Gasteiger partial charge in [-0.3, -0.25) is 65.7 Å². The summed E-state index contributed by atoms with van der Waals surface area (Å²) in [6.45, 7) is -16.3. The number of H-pyrrole nitrogens is 3. The van der Waals surface area contributed by atoms with Gasteiger partial charge in [0.2, 0.25) is 5.95 Å². The topological polar surface area (TPSA) is 591 Å². The molecule has 54 heteroatoms. The Kier molecular flexibility index (Phi) is 30.6. The molecule has 6 aromatic rings. The molecule has 0 aliphatic carbocycles. The number of nitrogen functional groups attached to an aromatic ring is 3. The highest BCUT2D eigenvalue weighted by Crippen LogP contribution is 2.61. The predicted molar refractivity (Wildman–Crippen MR) is 405 cm³/mol. The third-order valence-electron chi connectivity index (χ3n) is 17.8. The molecule has 0 bridgehead atoms. The van der Waals surface area contributed by atoms with Crippen LogP contribution in [0.3, 0.4) is 0 Å². The summed E-state index contributed by atoms with van der Waals surface area (Å²) >= 11 is 24.6. The molecule has 0 amide bonds. The second-order valence-electron chi connectivity index (χ2n) is 25.3. The number of methoxy groups -OCH3 is 3. The van der Waals surface area contributed by atoms with Gasteiger partial charge in [0.05, 0.1) is 76.4 Å². The lowest BCUT2D eigenvalue weighted by molar-refractivity contribution is -0.142. The number of halogens is 1. The van der Waals surface area contributed by atoms with Gasteiger partial charge in [-0.25, -0.2) is 28.7 Å². The average Bonchev–Trinajstić information content (AvgIpc) is 2.07. The van der Waals surface area contributed by atoms with Crippen LogP contribution in [0.25, 0.3) is 11.2 Å². The molecule has 0 aromatic carbocycles. The predicted octanol–water partition coefficient (Wildman–Crippen LogP) is 0.0889. The van der Waals surface area contributed by atoms with E-state index in [4.69, 9.17) is 142 Å². The van der Waals surface area contributed by atoms with Crippen LogP contribution in [0, 0.1) is 17.8 Å². The number of ether oxygens (including phenoxy) is 9. The summed E-state index contributed by atoms with van der Waals surface area (Å²) in [6, 6.07) is 2.68. The van der Waals surface area contributed by atoms with Gasteiger partial charge in [-0.05, 0) is 94.6 Å². The zero-order chi connectivity index (χ0) is 80.6. The first-order valence-electron chi connectivity index (χ1n) is 33.7. The van der Waals surface area contributed by atoms with E-state index in [-0.39, 0.29) is 97.3 Å². The molecule has 0 radical (unpaired) electrons. The summed E-state index contributed by atoms with van der Waals surface area (Å²) in [5, 5.41) is 10.5. The molecule has 4 saturated heterocycles. The first kappa shape index (κ1) is 88.4. The lowest BCUT2D eigenvalue weighted by atomic mass is 9.89. The zero-order valence-electron chi connectivity index (χ0n) is 59.7. The van der Waals surface area contributed by atoms with Crippen molar-refractivity contribution in [3.8, 4) is 0 Å². The Morgan fingerprint density at radius 2 is 1.26 bits per heavy atom. The van der Waals surface area contributed by atoms with Crippen LogP contribution in [0.4, 0.5) is 17.6 Å². The second-order valence-corrected chi connectivity index (χ2v) is 37.4. The Bertz CT molecular complexity index is 4890. The van der Waals surface area contributed by atoms with Gasteiger partial charge in [0.15, 0.2) is 23.6 Å². The Hall–Kier alpha value is -5.00. The summed E-state index contributed by atoms with van der Waals surface area (Å²) in [5.74, 6) is -2.42. The molecule has 616 valence electrons. The summed E-state index contributed by atoms with van der Waals surface area (Å²) < 4.78 is 128. The molecular weight excluding hydrogens is 1700 g/mol. The van der Waals surface area contributed by atoms with E-state index >= 15 is 4.57 Å². The highest BCUT2D eigenvalue weighted by atomic mass is 79.9. The first-order valence-corrected chi connectivity index (χ1v) is 44.9. The van der Waals surface area contributed by atoms with E-state index in [2.05, 4.69) is 63.1 Å². The molecule has 4 aliphatic heterocycles. The number of aromatic amines is 3. The molecule has 0 saturated carbocycles. The number of nitrogens with zero attached hydrogens (tertiary/aromatic N) is 9. The van der Waals surface area contributed by atoms with E-state index < -0.39 is 191 Å². The fourth-order valence-corrected chi connectivity index (χ4v) is 19.3. The van der Waals surface area contributed by atoms with Crippen molar-refractivity contribution in [3.63, 3.8) is 0 Å². The number of thiol groups is 1. The maximum Gasteiger partial charge on any atom is 0.386 e. The largest absolute Gasteiger partial charge is 0.394 e. The quantitative estimate of drug-likeness (QED) is 0.00798. The number of hydrogen-bond acceptors (Lipinski definition) is 38. The minimum absolute atomic E-state index is 0.00759. The van der Waals surface area contributed by atoms with Gasteiger partial charge in [-0.2, -0.15) is 15.0 Å². The summed E-state index contributed by atoms with van der Waals surface area (Å²) in [7, 11) is 3.69. The Balaban J connectivity index is 0.975. The number of aliphatic hydroxyl groups excluding tert-OH is 1.